The zero-order chi connectivity index (χ0) is 13.5. The number of benzene rings is 1. The molecule has 0 amide bonds. The minimum Gasteiger partial charge on any atom is -0.493 e. The fourth-order valence-electron chi connectivity index (χ4n) is 1.78. The van der Waals surface area contributed by atoms with Crippen molar-refractivity contribution in [1.82, 2.24) is 0 Å². The second-order valence-electron chi connectivity index (χ2n) is 3.93. The van der Waals surface area contributed by atoms with Gasteiger partial charge < -0.3 is 19.9 Å². The molecule has 4 nitrogen and oxygen atoms in total. The van der Waals surface area contributed by atoms with Crippen LogP contribution in [0.3, 0.4) is 0 Å². The van der Waals surface area contributed by atoms with E-state index in [4.69, 9.17) is 19.9 Å². The van der Waals surface area contributed by atoms with Crippen LogP contribution in [-0.4, -0.2) is 21.3 Å². The van der Waals surface area contributed by atoms with Crippen LogP contribution in [0.25, 0.3) is 0 Å². The molecule has 0 spiro atoms. The van der Waals surface area contributed by atoms with Crippen molar-refractivity contribution in [2.45, 2.75) is 18.9 Å². The molecule has 0 radical (unpaired) electrons. The molecule has 1 aromatic rings. The lowest BCUT2D eigenvalue weighted by molar-refractivity contribution is 0.323. The van der Waals surface area contributed by atoms with Gasteiger partial charge in [0.05, 0.1) is 21.3 Å². The molecule has 0 fully saturated rings. The van der Waals surface area contributed by atoms with Crippen LogP contribution in [0.5, 0.6) is 17.2 Å². The smallest absolute Gasteiger partial charge is 0.203 e. The highest BCUT2D eigenvalue weighted by molar-refractivity contribution is 5.54. The Labute approximate surface area is 108 Å². The van der Waals surface area contributed by atoms with Crippen LogP contribution in [0.1, 0.15) is 24.4 Å². The number of nitrogens with two attached hydrogens (primary N) is 1. The van der Waals surface area contributed by atoms with Crippen molar-refractivity contribution < 1.29 is 14.2 Å². The molecule has 0 aliphatic rings. The van der Waals surface area contributed by atoms with Crippen LogP contribution in [0.2, 0.25) is 0 Å². The third-order valence-electron chi connectivity index (χ3n) is 2.80. The normalized spacial score (nSPS) is 11.8. The van der Waals surface area contributed by atoms with Crippen LogP contribution >= 0.6 is 0 Å². The van der Waals surface area contributed by atoms with Crippen molar-refractivity contribution in [1.29, 1.82) is 0 Å². The molecule has 0 saturated heterocycles. The maximum Gasteiger partial charge on any atom is 0.203 e. The Morgan fingerprint density at radius 2 is 1.72 bits per heavy atom. The van der Waals surface area contributed by atoms with Gasteiger partial charge in [-0.2, -0.15) is 0 Å². The van der Waals surface area contributed by atoms with Gasteiger partial charge in [0.15, 0.2) is 11.5 Å². The van der Waals surface area contributed by atoms with Gasteiger partial charge >= 0.3 is 0 Å². The molecule has 2 N–H and O–H groups in total. The van der Waals surface area contributed by atoms with Gasteiger partial charge in [-0.05, 0) is 30.5 Å². The first kappa shape index (κ1) is 14.4. The van der Waals surface area contributed by atoms with Gasteiger partial charge in [-0.25, -0.2) is 0 Å². The molecule has 0 aliphatic carbocycles. The highest BCUT2D eigenvalue weighted by Crippen LogP contribution is 2.39. The van der Waals surface area contributed by atoms with Crippen LogP contribution in [0.4, 0.5) is 0 Å². The molecule has 4 heteroatoms. The van der Waals surface area contributed by atoms with E-state index in [1.807, 2.05) is 18.2 Å². The van der Waals surface area contributed by atoms with E-state index in [1.165, 1.54) is 0 Å². The molecule has 0 heterocycles. The van der Waals surface area contributed by atoms with E-state index >= 15 is 0 Å². The van der Waals surface area contributed by atoms with Gasteiger partial charge in [0.25, 0.3) is 0 Å². The fraction of sp³-hybridized carbons (Fsp3) is 0.429. The summed E-state index contributed by atoms with van der Waals surface area (Å²) in [5, 5.41) is 0. The van der Waals surface area contributed by atoms with Gasteiger partial charge in [-0.15, -0.1) is 6.58 Å². The van der Waals surface area contributed by atoms with Gasteiger partial charge in [-0.3, -0.25) is 0 Å². The molecule has 18 heavy (non-hydrogen) atoms. The number of hydrogen-bond donors (Lipinski definition) is 1. The number of allylic oxidation sites excluding steroid dienone is 1. The monoisotopic (exact) mass is 251 g/mol. The van der Waals surface area contributed by atoms with E-state index in [0.29, 0.717) is 17.2 Å². The summed E-state index contributed by atoms with van der Waals surface area (Å²) < 4.78 is 15.9. The highest BCUT2D eigenvalue weighted by Gasteiger charge is 2.16. The lowest BCUT2D eigenvalue weighted by Gasteiger charge is -2.17. The third kappa shape index (κ3) is 3.17. The molecule has 0 bridgehead atoms. The van der Waals surface area contributed by atoms with E-state index in [-0.39, 0.29) is 6.04 Å². The molecule has 0 aromatic heterocycles. The van der Waals surface area contributed by atoms with E-state index < -0.39 is 0 Å². The predicted molar refractivity (Wildman–Crippen MR) is 72.5 cm³/mol. The average Bonchev–Trinajstić information content (AvgIpc) is 2.42. The minimum absolute atomic E-state index is 0.0725. The summed E-state index contributed by atoms with van der Waals surface area (Å²) in [7, 11) is 4.77. The Hall–Kier alpha value is -1.68. The Balaban J connectivity index is 3.10. The van der Waals surface area contributed by atoms with Gasteiger partial charge in [0, 0.05) is 6.04 Å². The van der Waals surface area contributed by atoms with E-state index in [2.05, 4.69) is 6.58 Å². The predicted octanol–water partition coefficient (Wildman–Crippen LogP) is 2.68. The Morgan fingerprint density at radius 1 is 1.17 bits per heavy atom. The van der Waals surface area contributed by atoms with Crippen LogP contribution in [0, 0.1) is 0 Å². The average molecular weight is 251 g/mol. The summed E-state index contributed by atoms with van der Waals surface area (Å²) in [4.78, 5) is 0. The lowest BCUT2D eigenvalue weighted by atomic mass is 10.0. The first-order chi connectivity index (χ1) is 8.67. The Kier molecular flexibility index (Phi) is 5.52. The molecule has 1 aromatic carbocycles. The number of hydrogen-bond acceptors (Lipinski definition) is 4. The summed E-state index contributed by atoms with van der Waals surface area (Å²) in [6.45, 7) is 3.70. The van der Waals surface area contributed by atoms with Crippen molar-refractivity contribution >= 4 is 0 Å². The maximum absolute atomic E-state index is 6.12. The molecular weight excluding hydrogens is 230 g/mol. The third-order valence-corrected chi connectivity index (χ3v) is 2.80. The summed E-state index contributed by atoms with van der Waals surface area (Å²) in [6.07, 6.45) is 3.57. The van der Waals surface area contributed by atoms with Gasteiger partial charge in [0.2, 0.25) is 5.75 Å². The first-order valence-corrected chi connectivity index (χ1v) is 5.84. The zero-order valence-corrected chi connectivity index (χ0v) is 11.2. The van der Waals surface area contributed by atoms with E-state index in [1.54, 1.807) is 21.3 Å². The van der Waals surface area contributed by atoms with Gasteiger partial charge in [-0.1, -0.05) is 6.08 Å². The second-order valence-corrected chi connectivity index (χ2v) is 3.93. The maximum atomic E-state index is 6.12. The Morgan fingerprint density at radius 3 is 2.11 bits per heavy atom. The van der Waals surface area contributed by atoms with Crippen molar-refractivity contribution in [2.75, 3.05) is 21.3 Å². The Bertz CT molecular complexity index is 379. The van der Waals surface area contributed by atoms with Crippen molar-refractivity contribution in [3.8, 4) is 17.2 Å². The number of rotatable bonds is 7. The van der Waals surface area contributed by atoms with Crippen LogP contribution in [-0.2, 0) is 0 Å². The fourth-order valence-corrected chi connectivity index (χ4v) is 1.78. The summed E-state index contributed by atoms with van der Waals surface area (Å²) in [6, 6.07) is 3.70. The van der Waals surface area contributed by atoms with Gasteiger partial charge in [0.1, 0.15) is 0 Å². The van der Waals surface area contributed by atoms with Crippen molar-refractivity contribution in [3.05, 3.63) is 30.4 Å². The minimum atomic E-state index is -0.0725. The molecule has 1 atom stereocenters. The summed E-state index contributed by atoms with van der Waals surface area (Å²) in [5.74, 6) is 1.83. The molecular formula is C14H21NO3. The van der Waals surface area contributed by atoms with Crippen LogP contribution in [0.15, 0.2) is 24.8 Å². The standard InChI is InChI=1S/C14H21NO3/c1-5-6-7-11(15)10-8-12(16-2)14(18-4)13(9-10)17-3/h5,8-9,11H,1,6-7,15H2,2-4H3. The van der Waals surface area contributed by atoms with E-state index in [0.717, 1.165) is 18.4 Å². The first-order valence-electron chi connectivity index (χ1n) is 5.84. The summed E-state index contributed by atoms with van der Waals surface area (Å²) >= 11 is 0. The largest absolute Gasteiger partial charge is 0.493 e. The van der Waals surface area contributed by atoms with Crippen LogP contribution < -0.4 is 19.9 Å². The quantitative estimate of drug-likeness (QED) is 0.757. The molecule has 0 aliphatic heterocycles. The zero-order valence-electron chi connectivity index (χ0n) is 11.2. The van der Waals surface area contributed by atoms with Crippen molar-refractivity contribution in [3.63, 3.8) is 0 Å². The summed E-state index contributed by atoms with van der Waals surface area (Å²) in [5.41, 5.74) is 7.08. The molecule has 1 rings (SSSR count). The molecule has 1 unspecified atom stereocenters. The SMILES string of the molecule is C=CCCC(N)c1cc(OC)c(OC)c(OC)c1. The second kappa shape index (κ2) is 6.91. The topological polar surface area (TPSA) is 53.7 Å². The van der Waals surface area contributed by atoms with E-state index in [9.17, 15) is 0 Å². The molecule has 0 saturated carbocycles. The number of ether oxygens (including phenoxy) is 3. The van der Waals surface area contributed by atoms with Crippen molar-refractivity contribution in [2.24, 2.45) is 5.73 Å². The lowest BCUT2D eigenvalue weighted by Crippen LogP contribution is -2.10. The molecule has 100 valence electrons. The highest BCUT2D eigenvalue weighted by atomic mass is 16.5. The number of methoxy groups -OCH3 is 3.